The third kappa shape index (κ3) is 1.67. The van der Waals surface area contributed by atoms with Gasteiger partial charge in [-0.3, -0.25) is 9.69 Å². The van der Waals surface area contributed by atoms with Crippen LogP contribution in [0.1, 0.15) is 19.8 Å². The molecule has 3 heteroatoms. The molecule has 12 heavy (non-hydrogen) atoms. The summed E-state index contributed by atoms with van der Waals surface area (Å²) in [4.78, 5) is 13.6. The molecule has 0 unspecified atom stereocenters. The topological polar surface area (TPSA) is 20.3 Å². The monoisotopic (exact) mass is 187 g/mol. The Balaban J connectivity index is 2.77. The Labute approximate surface area is 78.7 Å². The van der Waals surface area contributed by atoms with Crippen LogP contribution >= 0.6 is 11.8 Å². The second-order valence-electron chi connectivity index (χ2n) is 3.59. The Hall–Kier alpha value is -0.0200. The van der Waals surface area contributed by atoms with E-state index in [9.17, 15) is 4.79 Å². The summed E-state index contributed by atoms with van der Waals surface area (Å²) in [7, 11) is 4.02. The summed E-state index contributed by atoms with van der Waals surface area (Å²) in [6.45, 7) is 1.72. The van der Waals surface area contributed by atoms with Gasteiger partial charge in [0.05, 0.1) is 5.54 Å². The number of nitrogens with zero attached hydrogens (tertiary/aromatic N) is 1. The van der Waals surface area contributed by atoms with Crippen molar-refractivity contribution in [2.45, 2.75) is 25.3 Å². The number of Topliss-reactive ketones (excluding diaryl/α,β-unsaturated/α-hetero) is 1. The van der Waals surface area contributed by atoms with Crippen LogP contribution in [-0.2, 0) is 4.79 Å². The van der Waals surface area contributed by atoms with E-state index >= 15 is 0 Å². The van der Waals surface area contributed by atoms with Gasteiger partial charge in [0, 0.05) is 0 Å². The number of hydrogen-bond donors (Lipinski definition) is 0. The lowest BCUT2D eigenvalue weighted by molar-refractivity contribution is -0.128. The van der Waals surface area contributed by atoms with Gasteiger partial charge < -0.3 is 0 Å². The number of likely N-dealkylation sites (N-methyl/N-ethyl adjacent to an activating group) is 1. The van der Waals surface area contributed by atoms with Crippen molar-refractivity contribution < 1.29 is 4.79 Å². The molecule has 1 aliphatic rings. The maximum atomic E-state index is 11.5. The minimum Gasteiger partial charge on any atom is -0.298 e. The summed E-state index contributed by atoms with van der Waals surface area (Å²) in [6.07, 6.45) is 2.03. The summed E-state index contributed by atoms with van der Waals surface area (Å²) in [6, 6.07) is 0. The van der Waals surface area contributed by atoms with Crippen LogP contribution in [0.3, 0.4) is 0 Å². The molecule has 1 rings (SSSR count). The summed E-state index contributed by atoms with van der Waals surface area (Å²) in [5.41, 5.74) is -0.148. The first-order valence-electron chi connectivity index (χ1n) is 4.36. The van der Waals surface area contributed by atoms with Crippen LogP contribution < -0.4 is 0 Å². The summed E-state index contributed by atoms with van der Waals surface area (Å²) < 4.78 is 0. The SMILES string of the molecule is CC(=O)C1(N(C)C)CCSCC1. The smallest absolute Gasteiger partial charge is 0.150 e. The number of carbonyl (C=O) groups excluding carboxylic acids is 1. The van der Waals surface area contributed by atoms with E-state index in [4.69, 9.17) is 0 Å². The number of carbonyl (C=O) groups is 1. The van der Waals surface area contributed by atoms with Crippen LogP contribution in [0.2, 0.25) is 0 Å². The zero-order valence-electron chi connectivity index (χ0n) is 8.09. The normalized spacial score (nSPS) is 22.7. The Kier molecular flexibility index (Phi) is 3.18. The number of thioether (sulfide) groups is 1. The molecule has 0 saturated carbocycles. The number of hydrogen-bond acceptors (Lipinski definition) is 3. The fraction of sp³-hybridized carbons (Fsp3) is 0.889. The minimum absolute atomic E-state index is 0.148. The van der Waals surface area contributed by atoms with Crippen molar-refractivity contribution in [2.24, 2.45) is 0 Å². The minimum atomic E-state index is -0.148. The van der Waals surface area contributed by atoms with Gasteiger partial charge in [-0.1, -0.05) is 0 Å². The number of ketones is 1. The molecule has 1 heterocycles. The molecular formula is C9H17NOS. The Morgan fingerprint density at radius 1 is 1.33 bits per heavy atom. The van der Waals surface area contributed by atoms with E-state index in [-0.39, 0.29) is 5.54 Å². The molecule has 2 nitrogen and oxygen atoms in total. The molecule has 0 radical (unpaired) electrons. The first kappa shape index (κ1) is 10.1. The van der Waals surface area contributed by atoms with Gasteiger partial charge in [0.15, 0.2) is 0 Å². The molecule has 0 aromatic heterocycles. The highest BCUT2D eigenvalue weighted by Gasteiger charge is 2.38. The highest BCUT2D eigenvalue weighted by atomic mass is 32.2. The molecule has 0 bridgehead atoms. The number of rotatable bonds is 2. The molecular weight excluding hydrogens is 170 g/mol. The lowest BCUT2D eigenvalue weighted by Crippen LogP contribution is -2.52. The molecule has 1 fully saturated rings. The van der Waals surface area contributed by atoms with Crippen molar-refractivity contribution >= 4 is 17.5 Å². The van der Waals surface area contributed by atoms with Gasteiger partial charge in [-0.2, -0.15) is 11.8 Å². The van der Waals surface area contributed by atoms with Gasteiger partial charge >= 0.3 is 0 Å². The van der Waals surface area contributed by atoms with Crippen LogP contribution in [0.25, 0.3) is 0 Å². The fourth-order valence-electron chi connectivity index (χ4n) is 1.82. The van der Waals surface area contributed by atoms with Crippen LogP contribution in [0.15, 0.2) is 0 Å². The van der Waals surface area contributed by atoms with Gasteiger partial charge in [0.2, 0.25) is 0 Å². The van der Waals surface area contributed by atoms with Crippen molar-refractivity contribution in [1.82, 2.24) is 4.90 Å². The van der Waals surface area contributed by atoms with Gasteiger partial charge in [-0.25, -0.2) is 0 Å². The first-order chi connectivity index (χ1) is 5.59. The maximum Gasteiger partial charge on any atom is 0.150 e. The first-order valence-corrected chi connectivity index (χ1v) is 5.51. The summed E-state index contributed by atoms with van der Waals surface area (Å²) in [5, 5.41) is 0. The van der Waals surface area contributed by atoms with E-state index in [2.05, 4.69) is 4.90 Å². The molecule has 0 spiro atoms. The largest absolute Gasteiger partial charge is 0.298 e. The van der Waals surface area contributed by atoms with Crippen molar-refractivity contribution in [3.05, 3.63) is 0 Å². The predicted molar refractivity (Wildman–Crippen MR) is 53.7 cm³/mol. The van der Waals surface area contributed by atoms with E-state index in [0.717, 1.165) is 24.3 Å². The molecule has 0 N–H and O–H groups in total. The van der Waals surface area contributed by atoms with Crippen LogP contribution in [0.4, 0.5) is 0 Å². The highest BCUT2D eigenvalue weighted by Crippen LogP contribution is 2.31. The third-order valence-electron chi connectivity index (χ3n) is 2.83. The van der Waals surface area contributed by atoms with Gasteiger partial charge in [0.25, 0.3) is 0 Å². The molecule has 0 aliphatic carbocycles. The van der Waals surface area contributed by atoms with Crippen molar-refractivity contribution in [3.63, 3.8) is 0 Å². The second kappa shape index (κ2) is 3.79. The molecule has 0 aromatic carbocycles. The Morgan fingerprint density at radius 2 is 1.83 bits per heavy atom. The van der Waals surface area contributed by atoms with Crippen molar-refractivity contribution in [3.8, 4) is 0 Å². The quantitative estimate of drug-likeness (QED) is 0.652. The molecule has 0 aromatic rings. The van der Waals surface area contributed by atoms with E-state index in [1.54, 1.807) is 6.92 Å². The highest BCUT2D eigenvalue weighted by molar-refractivity contribution is 7.99. The standard InChI is InChI=1S/C9H17NOS/c1-8(11)9(10(2)3)4-6-12-7-5-9/h4-7H2,1-3H3. The maximum absolute atomic E-state index is 11.5. The van der Waals surface area contributed by atoms with Crippen molar-refractivity contribution in [1.29, 1.82) is 0 Å². The van der Waals surface area contributed by atoms with Gasteiger partial charge in [-0.05, 0) is 45.4 Å². The van der Waals surface area contributed by atoms with E-state index in [0.29, 0.717) is 5.78 Å². The average Bonchev–Trinajstić information content (AvgIpc) is 2.05. The summed E-state index contributed by atoms with van der Waals surface area (Å²) >= 11 is 1.95. The lowest BCUT2D eigenvalue weighted by atomic mass is 9.87. The lowest BCUT2D eigenvalue weighted by Gasteiger charge is -2.40. The van der Waals surface area contributed by atoms with E-state index in [1.807, 2.05) is 25.9 Å². The fourth-order valence-corrected chi connectivity index (χ4v) is 2.99. The molecule has 1 saturated heterocycles. The van der Waals surface area contributed by atoms with E-state index in [1.165, 1.54) is 0 Å². The Morgan fingerprint density at radius 3 is 2.08 bits per heavy atom. The summed E-state index contributed by atoms with van der Waals surface area (Å²) in [5.74, 6) is 2.57. The third-order valence-corrected chi connectivity index (χ3v) is 3.82. The predicted octanol–water partition coefficient (Wildman–Crippen LogP) is 1.40. The van der Waals surface area contributed by atoms with Gasteiger partial charge in [0.1, 0.15) is 5.78 Å². The van der Waals surface area contributed by atoms with Crippen molar-refractivity contribution in [2.75, 3.05) is 25.6 Å². The van der Waals surface area contributed by atoms with Crippen LogP contribution in [0, 0.1) is 0 Å². The molecule has 0 amide bonds. The van der Waals surface area contributed by atoms with E-state index < -0.39 is 0 Å². The molecule has 1 aliphatic heterocycles. The second-order valence-corrected chi connectivity index (χ2v) is 4.82. The molecule has 0 atom stereocenters. The Bertz CT molecular complexity index is 173. The zero-order valence-corrected chi connectivity index (χ0v) is 8.91. The average molecular weight is 187 g/mol. The zero-order chi connectivity index (χ0) is 9.19. The van der Waals surface area contributed by atoms with Crippen LogP contribution in [-0.4, -0.2) is 41.8 Å². The van der Waals surface area contributed by atoms with Gasteiger partial charge in [-0.15, -0.1) is 0 Å². The molecule has 70 valence electrons. The van der Waals surface area contributed by atoms with Crippen LogP contribution in [0.5, 0.6) is 0 Å².